The van der Waals surface area contributed by atoms with Crippen molar-refractivity contribution < 1.29 is 9.59 Å². The van der Waals surface area contributed by atoms with Crippen molar-refractivity contribution in [3.05, 3.63) is 53.6 Å². The summed E-state index contributed by atoms with van der Waals surface area (Å²) in [7, 11) is 0. The molecule has 0 saturated carbocycles. The number of likely N-dealkylation sites (tertiary alicyclic amines) is 1. The first-order valence-electron chi connectivity index (χ1n) is 8.67. The second-order valence-corrected chi connectivity index (χ2v) is 6.89. The molecule has 0 bridgehead atoms. The number of carbonyl (C=O) groups is 2. The Labute approximate surface area is 152 Å². The predicted molar refractivity (Wildman–Crippen MR) is 96.5 cm³/mol. The molecule has 1 atom stereocenters. The monoisotopic (exact) mass is 359 g/mol. The fraction of sp³-hybridized carbons (Fsp3) is 0.421. The van der Waals surface area contributed by atoms with Crippen molar-refractivity contribution in [2.24, 2.45) is 5.92 Å². The number of benzene rings is 1. The number of piperidine rings is 1. The molecule has 1 aromatic carbocycles. The zero-order chi connectivity index (χ0) is 17.6. The van der Waals surface area contributed by atoms with Crippen molar-refractivity contribution in [3.63, 3.8) is 0 Å². The molecule has 1 amide bonds. The van der Waals surface area contributed by atoms with E-state index >= 15 is 0 Å². The van der Waals surface area contributed by atoms with Gasteiger partial charge in [-0.2, -0.15) is 0 Å². The van der Waals surface area contributed by atoms with Crippen molar-refractivity contribution in [1.82, 2.24) is 14.5 Å². The summed E-state index contributed by atoms with van der Waals surface area (Å²) < 4.78 is 1.97. The molecule has 0 spiro atoms. The molecule has 1 aliphatic heterocycles. The van der Waals surface area contributed by atoms with Crippen LogP contribution in [0.1, 0.15) is 36.0 Å². The lowest BCUT2D eigenvalue weighted by molar-refractivity contribution is -0.132. The zero-order valence-electron chi connectivity index (χ0n) is 14.1. The second kappa shape index (κ2) is 8.30. The van der Waals surface area contributed by atoms with Gasteiger partial charge in [0.05, 0.1) is 6.33 Å². The number of carbonyl (C=O) groups excluding carboxylic acids is 2. The third-order valence-corrected chi connectivity index (χ3v) is 4.86. The van der Waals surface area contributed by atoms with Gasteiger partial charge >= 0.3 is 0 Å². The topological polar surface area (TPSA) is 55.2 Å². The van der Waals surface area contributed by atoms with Crippen LogP contribution in [-0.2, 0) is 11.3 Å². The van der Waals surface area contributed by atoms with Gasteiger partial charge in [-0.1, -0.05) is 23.7 Å². The Bertz CT molecular complexity index is 730. The van der Waals surface area contributed by atoms with E-state index in [1.165, 1.54) is 0 Å². The average molecular weight is 360 g/mol. The van der Waals surface area contributed by atoms with Crippen LogP contribution in [0.15, 0.2) is 43.0 Å². The summed E-state index contributed by atoms with van der Waals surface area (Å²) in [5, 5.41) is 0.564. The van der Waals surface area contributed by atoms with Crippen LogP contribution in [0.3, 0.4) is 0 Å². The molecule has 0 N–H and O–H groups in total. The minimum Gasteiger partial charge on any atom is -0.342 e. The van der Waals surface area contributed by atoms with Crippen molar-refractivity contribution in [2.45, 2.75) is 32.2 Å². The van der Waals surface area contributed by atoms with E-state index < -0.39 is 0 Å². The molecule has 1 aromatic heterocycles. The van der Waals surface area contributed by atoms with Gasteiger partial charge in [-0.05, 0) is 31.4 Å². The van der Waals surface area contributed by atoms with Crippen LogP contribution in [0.5, 0.6) is 0 Å². The molecule has 0 radical (unpaired) electrons. The molecule has 3 rings (SSSR count). The number of imidazole rings is 1. The maximum absolute atomic E-state index is 12.7. The molecule has 6 heteroatoms. The summed E-state index contributed by atoms with van der Waals surface area (Å²) in [6, 6.07) is 7.04. The summed E-state index contributed by atoms with van der Waals surface area (Å²) in [4.78, 5) is 31.0. The normalized spacial score (nSPS) is 17.5. The molecule has 2 heterocycles. The van der Waals surface area contributed by atoms with Gasteiger partial charge in [0.15, 0.2) is 5.78 Å². The van der Waals surface area contributed by atoms with E-state index in [4.69, 9.17) is 11.6 Å². The van der Waals surface area contributed by atoms with Gasteiger partial charge in [-0.25, -0.2) is 4.98 Å². The lowest BCUT2D eigenvalue weighted by atomic mass is 9.90. The third kappa shape index (κ3) is 4.69. The number of halogens is 1. The Hall–Kier alpha value is -2.14. The molecular weight excluding hydrogens is 338 g/mol. The summed E-state index contributed by atoms with van der Waals surface area (Å²) >= 11 is 5.98. The lowest BCUT2D eigenvalue weighted by Crippen LogP contribution is -2.42. The number of aromatic nitrogens is 2. The second-order valence-electron chi connectivity index (χ2n) is 6.46. The van der Waals surface area contributed by atoms with Crippen molar-refractivity contribution in [2.75, 3.05) is 13.1 Å². The number of amides is 1. The Morgan fingerprint density at radius 1 is 1.32 bits per heavy atom. The largest absolute Gasteiger partial charge is 0.342 e. The van der Waals surface area contributed by atoms with Crippen molar-refractivity contribution in [1.29, 1.82) is 0 Å². The van der Waals surface area contributed by atoms with E-state index in [-0.39, 0.29) is 17.6 Å². The molecule has 1 fully saturated rings. The quantitative estimate of drug-likeness (QED) is 0.742. The van der Waals surface area contributed by atoms with Gasteiger partial charge in [-0.3, -0.25) is 9.59 Å². The number of ketones is 1. The smallest absolute Gasteiger partial charge is 0.222 e. The highest BCUT2D eigenvalue weighted by atomic mass is 35.5. The summed E-state index contributed by atoms with van der Waals surface area (Å²) in [5.74, 6) is 0.0759. The number of hydrogen-bond donors (Lipinski definition) is 0. The number of Topliss-reactive ketones (excluding diaryl/α,β-unsaturated/α-hetero) is 1. The number of hydrogen-bond acceptors (Lipinski definition) is 3. The van der Waals surface area contributed by atoms with Gasteiger partial charge in [0.1, 0.15) is 0 Å². The molecule has 5 nitrogen and oxygen atoms in total. The minimum atomic E-state index is -0.134. The Morgan fingerprint density at radius 2 is 2.20 bits per heavy atom. The van der Waals surface area contributed by atoms with Gasteiger partial charge in [0.2, 0.25) is 5.91 Å². The third-order valence-electron chi connectivity index (χ3n) is 4.62. The maximum Gasteiger partial charge on any atom is 0.222 e. The van der Waals surface area contributed by atoms with Gasteiger partial charge < -0.3 is 9.47 Å². The van der Waals surface area contributed by atoms with Gasteiger partial charge in [-0.15, -0.1) is 0 Å². The highest BCUT2D eigenvalue weighted by Crippen LogP contribution is 2.23. The van der Waals surface area contributed by atoms with E-state index in [0.29, 0.717) is 23.6 Å². The molecule has 2 aromatic rings. The Morgan fingerprint density at radius 3 is 2.96 bits per heavy atom. The fourth-order valence-corrected chi connectivity index (χ4v) is 3.48. The molecular formula is C19H22ClN3O2. The van der Waals surface area contributed by atoms with Crippen LogP contribution < -0.4 is 0 Å². The maximum atomic E-state index is 12.7. The molecule has 0 aliphatic carbocycles. The van der Waals surface area contributed by atoms with Crippen LogP contribution in [0.25, 0.3) is 0 Å². The van der Waals surface area contributed by atoms with Crippen molar-refractivity contribution in [3.8, 4) is 0 Å². The minimum absolute atomic E-state index is 0.0819. The SMILES string of the molecule is O=C(c1cccc(Cl)c1)[C@H]1CCCN(C(=O)CCCn2ccnc2)C1. The summed E-state index contributed by atoms with van der Waals surface area (Å²) in [6.45, 7) is 2.03. The highest BCUT2D eigenvalue weighted by Gasteiger charge is 2.28. The molecule has 1 aliphatic rings. The molecule has 0 unspecified atom stereocenters. The summed E-state index contributed by atoms with van der Waals surface area (Å²) in [5.41, 5.74) is 0.631. The van der Waals surface area contributed by atoms with E-state index in [1.54, 1.807) is 36.8 Å². The van der Waals surface area contributed by atoms with Crippen LogP contribution in [-0.4, -0.2) is 39.2 Å². The molecule has 132 valence electrons. The van der Waals surface area contributed by atoms with E-state index in [0.717, 1.165) is 32.4 Å². The lowest BCUT2D eigenvalue weighted by Gasteiger charge is -2.32. The van der Waals surface area contributed by atoms with E-state index in [9.17, 15) is 9.59 Å². The zero-order valence-corrected chi connectivity index (χ0v) is 14.9. The summed E-state index contributed by atoms with van der Waals surface area (Å²) in [6.07, 6.45) is 8.35. The van der Waals surface area contributed by atoms with Crippen molar-refractivity contribution >= 4 is 23.3 Å². The first-order chi connectivity index (χ1) is 12.1. The van der Waals surface area contributed by atoms with Crippen LogP contribution in [0.2, 0.25) is 5.02 Å². The number of nitrogens with zero attached hydrogens (tertiary/aromatic N) is 3. The standard InChI is InChI=1S/C19H22ClN3O2/c20-17-6-1-4-15(12-17)19(25)16-5-2-10-23(13-16)18(24)7-3-9-22-11-8-21-14-22/h1,4,6,8,11-12,14,16H,2-3,5,7,9-10,13H2/t16-/m0/s1. The fourth-order valence-electron chi connectivity index (χ4n) is 3.29. The Kier molecular flexibility index (Phi) is 5.87. The molecule has 25 heavy (non-hydrogen) atoms. The van der Waals surface area contributed by atoms with Crippen LogP contribution in [0.4, 0.5) is 0 Å². The van der Waals surface area contributed by atoms with Gasteiger partial charge in [0, 0.05) is 55.0 Å². The van der Waals surface area contributed by atoms with E-state index in [1.807, 2.05) is 15.7 Å². The van der Waals surface area contributed by atoms with Crippen LogP contribution >= 0.6 is 11.6 Å². The highest BCUT2D eigenvalue weighted by molar-refractivity contribution is 6.31. The van der Waals surface area contributed by atoms with Gasteiger partial charge in [0.25, 0.3) is 0 Å². The first-order valence-corrected chi connectivity index (χ1v) is 9.04. The van der Waals surface area contributed by atoms with E-state index in [2.05, 4.69) is 4.98 Å². The predicted octanol–water partition coefficient (Wildman–Crippen LogP) is 3.44. The first kappa shape index (κ1) is 17.7. The molecule has 1 saturated heterocycles. The van der Waals surface area contributed by atoms with Crippen LogP contribution in [0, 0.1) is 5.92 Å². The average Bonchev–Trinajstić information content (AvgIpc) is 3.14. The number of aryl methyl sites for hydroxylation is 1. The Balaban J connectivity index is 1.53. The number of rotatable bonds is 6.